The van der Waals surface area contributed by atoms with E-state index in [1.54, 1.807) is 18.2 Å². The van der Waals surface area contributed by atoms with E-state index < -0.39 is 42.1 Å². The van der Waals surface area contributed by atoms with Crippen LogP contribution in [0.5, 0.6) is 5.75 Å². The summed E-state index contributed by atoms with van der Waals surface area (Å²) in [5.74, 6) is -1.41. The van der Waals surface area contributed by atoms with Crippen molar-refractivity contribution in [1.82, 2.24) is 5.32 Å². The molecule has 0 radical (unpaired) electrons. The highest BCUT2D eigenvalue weighted by Gasteiger charge is 2.51. The molecule has 9 heteroatoms. The number of carbonyl (C=O) groups is 3. The molecule has 33 heavy (non-hydrogen) atoms. The van der Waals surface area contributed by atoms with Crippen LogP contribution in [0.3, 0.4) is 0 Å². The zero-order valence-electron chi connectivity index (χ0n) is 19.5. The van der Waals surface area contributed by atoms with E-state index in [9.17, 15) is 14.4 Å². The second-order valence-corrected chi connectivity index (χ2v) is 9.08. The van der Waals surface area contributed by atoms with Crippen molar-refractivity contribution in [2.45, 2.75) is 58.3 Å². The van der Waals surface area contributed by atoms with Crippen molar-refractivity contribution in [3.05, 3.63) is 59.7 Å². The summed E-state index contributed by atoms with van der Waals surface area (Å²) in [6.07, 6.45) is 0.217. The van der Waals surface area contributed by atoms with E-state index in [1.165, 1.54) is 13.0 Å². The SMILES string of the molecule is CC(=O)Oc1cccc(C(=O)N[C@H](Cc2ccc(B3OC(C)(C)C(C)(C)O3)cc2)C(N)=O)c1. The molecule has 2 amide bonds. The van der Waals surface area contributed by atoms with Crippen molar-refractivity contribution in [2.75, 3.05) is 0 Å². The van der Waals surface area contributed by atoms with Gasteiger partial charge < -0.3 is 25.1 Å². The van der Waals surface area contributed by atoms with E-state index in [1.807, 2.05) is 52.0 Å². The predicted molar refractivity (Wildman–Crippen MR) is 124 cm³/mol. The van der Waals surface area contributed by atoms with Gasteiger partial charge in [-0.2, -0.15) is 0 Å². The summed E-state index contributed by atoms with van der Waals surface area (Å²) in [4.78, 5) is 35.8. The van der Waals surface area contributed by atoms with Crippen LogP contribution >= 0.6 is 0 Å². The number of primary amides is 1. The predicted octanol–water partition coefficient (Wildman–Crippen LogP) is 1.74. The minimum atomic E-state index is -0.919. The van der Waals surface area contributed by atoms with Crippen LogP contribution < -0.4 is 21.3 Å². The lowest BCUT2D eigenvalue weighted by molar-refractivity contribution is -0.131. The molecule has 1 heterocycles. The quantitative estimate of drug-likeness (QED) is 0.376. The maximum Gasteiger partial charge on any atom is 0.494 e. The van der Waals surface area contributed by atoms with E-state index in [-0.39, 0.29) is 17.7 Å². The fourth-order valence-corrected chi connectivity index (χ4v) is 3.36. The monoisotopic (exact) mass is 452 g/mol. The van der Waals surface area contributed by atoms with Gasteiger partial charge in [-0.05, 0) is 56.9 Å². The highest BCUT2D eigenvalue weighted by molar-refractivity contribution is 6.62. The second kappa shape index (κ2) is 9.37. The maximum atomic E-state index is 12.6. The van der Waals surface area contributed by atoms with Crippen molar-refractivity contribution in [2.24, 2.45) is 5.73 Å². The van der Waals surface area contributed by atoms with Gasteiger partial charge in [0.25, 0.3) is 5.91 Å². The van der Waals surface area contributed by atoms with Crippen LogP contribution in [0.2, 0.25) is 0 Å². The van der Waals surface area contributed by atoms with Gasteiger partial charge in [0.15, 0.2) is 0 Å². The summed E-state index contributed by atoms with van der Waals surface area (Å²) in [5, 5.41) is 2.65. The lowest BCUT2D eigenvalue weighted by Gasteiger charge is -2.32. The number of rotatable bonds is 7. The van der Waals surface area contributed by atoms with Gasteiger partial charge in [-0.3, -0.25) is 14.4 Å². The van der Waals surface area contributed by atoms with Crippen LogP contribution in [0, 0.1) is 0 Å². The van der Waals surface area contributed by atoms with Crippen LogP contribution in [0.25, 0.3) is 0 Å². The molecule has 0 bridgehead atoms. The average molecular weight is 452 g/mol. The third kappa shape index (κ3) is 5.80. The molecule has 0 aromatic heterocycles. The molecule has 1 saturated heterocycles. The highest BCUT2D eigenvalue weighted by atomic mass is 16.7. The Morgan fingerprint density at radius 1 is 1.03 bits per heavy atom. The number of nitrogens with two attached hydrogens (primary N) is 1. The molecule has 0 saturated carbocycles. The molecule has 1 atom stereocenters. The molecule has 1 fully saturated rings. The topological polar surface area (TPSA) is 117 Å². The van der Waals surface area contributed by atoms with Gasteiger partial charge in [0.05, 0.1) is 11.2 Å². The Morgan fingerprint density at radius 3 is 2.18 bits per heavy atom. The third-order valence-electron chi connectivity index (χ3n) is 5.95. The maximum absolute atomic E-state index is 12.6. The highest BCUT2D eigenvalue weighted by Crippen LogP contribution is 2.36. The van der Waals surface area contributed by atoms with Gasteiger partial charge in [-0.15, -0.1) is 0 Å². The Hall–Kier alpha value is -3.17. The number of amides is 2. The zero-order chi connectivity index (χ0) is 24.4. The molecular weight excluding hydrogens is 423 g/mol. The molecule has 8 nitrogen and oxygen atoms in total. The number of ether oxygens (including phenoxy) is 1. The molecule has 3 N–H and O–H groups in total. The summed E-state index contributed by atoms with van der Waals surface area (Å²) in [6.45, 7) is 9.23. The Bertz CT molecular complexity index is 1040. The van der Waals surface area contributed by atoms with Gasteiger partial charge in [0, 0.05) is 18.9 Å². The molecular formula is C24H29BN2O6. The van der Waals surface area contributed by atoms with Gasteiger partial charge >= 0.3 is 13.1 Å². The third-order valence-corrected chi connectivity index (χ3v) is 5.95. The Labute approximate surface area is 193 Å². The average Bonchev–Trinajstić information content (AvgIpc) is 2.94. The molecule has 2 aromatic carbocycles. The van der Waals surface area contributed by atoms with Crippen LogP contribution in [0.4, 0.5) is 0 Å². The van der Waals surface area contributed by atoms with Crippen LogP contribution in [-0.4, -0.2) is 42.1 Å². The van der Waals surface area contributed by atoms with Crippen molar-refractivity contribution in [1.29, 1.82) is 0 Å². The normalized spacial score (nSPS) is 17.3. The van der Waals surface area contributed by atoms with E-state index in [2.05, 4.69) is 5.32 Å². The number of esters is 1. The number of hydrogen-bond donors (Lipinski definition) is 2. The second-order valence-electron chi connectivity index (χ2n) is 9.08. The summed E-state index contributed by atoms with van der Waals surface area (Å²) < 4.78 is 17.1. The molecule has 1 aliphatic heterocycles. The molecule has 0 unspecified atom stereocenters. The Balaban J connectivity index is 1.67. The minimum absolute atomic E-state index is 0.217. The minimum Gasteiger partial charge on any atom is -0.427 e. The van der Waals surface area contributed by atoms with Crippen molar-refractivity contribution in [3.63, 3.8) is 0 Å². The molecule has 1 aliphatic rings. The first-order chi connectivity index (χ1) is 15.4. The smallest absolute Gasteiger partial charge is 0.427 e. The van der Waals surface area contributed by atoms with Gasteiger partial charge in [0.2, 0.25) is 5.91 Å². The van der Waals surface area contributed by atoms with Crippen LogP contribution in [0.15, 0.2) is 48.5 Å². The first-order valence-corrected chi connectivity index (χ1v) is 10.7. The molecule has 2 aromatic rings. The standard InChI is InChI=1S/C24H29BN2O6/c1-15(28)31-19-8-6-7-17(14-19)22(30)27-20(21(26)29)13-16-9-11-18(12-10-16)25-32-23(2,3)24(4,5)33-25/h6-12,14,20H,13H2,1-5H3,(H2,26,29)(H,27,30)/t20-/m1/s1. The summed E-state index contributed by atoms with van der Waals surface area (Å²) in [7, 11) is -0.486. The Morgan fingerprint density at radius 2 is 1.64 bits per heavy atom. The lowest BCUT2D eigenvalue weighted by atomic mass is 9.78. The van der Waals surface area contributed by atoms with Crippen molar-refractivity contribution in [3.8, 4) is 5.75 Å². The Kier molecular flexibility index (Phi) is 6.95. The first kappa shape index (κ1) is 24.5. The summed E-state index contributed by atoms with van der Waals surface area (Å²) in [6, 6.07) is 12.7. The number of nitrogens with one attached hydrogen (secondary N) is 1. The van der Waals surface area contributed by atoms with Crippen molar-refractivity contribution < 1.29 is 28.4 Å². The van der Waals surface area contributed by atoms with Gasteiger partial charge in [-0.1, -0.05) is 30.3 Å². The fourth-order valence-electron chi connectivity index (χ4n) is 3.36. The van der Waals surface area contributed by atoms with Crippen molar-refractivity contribution >= 4 is 30.4 Å². The molecule has 3 rings (SSSR count). The summed E-state index contributed by atoms with van der Waals surface area (Å²) in [5.41, 5.74) is 6.57. The van der Waals surface area contributed by atoms with E-state index in [4.69, 9.17) is 19.8 Å². The van der Waals surface area contributed by atoms with Crippen LogP contribution in [-0.2, 0) is 25.3 Å². The summed E-state index contributed by atoms with van der Waals surface area (Å²) >= 11 is 0. The zero-order valence-corrected chi connectivity index (χ0v) is 19.5. The largest absolute Gasteiger partial charge is 0.494 e. The molecule has 0 spiro atoms. The molecule has 174 valence electrons. The first-order valence-electron chi connectivity index (χ1n) is 10.7. The fraction of sp³-hybridized carbons (Fsp3) is 0.375. The van der Waals surface area contributed by atoms with Crippen LogP contribution in [0.1, 0.15) is 50.5 Å². The lowest BCUT2D eigenvalue weighted by Crippen LogP contribution is -2.46. The van der Waals surface area contributed by atoms with Gasteiger partial charge in [0.1, 0.15) is 11.8 Å². The number of benzene rings is 2. The van der Waals surface area contributed by atoms with Gasteiger partial charge in [-0.25, -0.2) is 0 Å². The van der Waals surface area contributed by atoms with E-state index >= 15 is 0 Å². The number of hydrogen-bond acceptors (Lipinski definition) is 6. The van der Waals surface area contributed by atoms with E-state index in [0.717, 1.165) is 11.0 Å². The molecule has 0 aliphatic carbocycles. The van der Waals surface area contributed by atoms with E-state index in [0.29, 0.717) is 0 Å². The number of carbonyl (C=O) groups excluding carboxylic acids is 3.